The number of ether oxygens (including phenoxy) is 2. The molecular weight excluding hydrogens is 472 g/mol. The molecule has 1 saturated carbocycles. The summed E-state index contributed by atoms with van der Waals surface area (Å²) in [5, 5.41) is 19.7. The Morgan fingerprint density at radius 2 is 1.89 bits per heavy atom. The van der Waals surface area contributed by atoms with Crippen molar-refractivity contribution in [3.8, 4) is 0 Å². The molecule has 2 fully saturated rings. The fourth-order valence-electron chi connectivity index (χ4n) is 4.84. The van der Waals surface area contributed by atoms with E-state index in [-0.39, 0.29) is 29.4 Å². The van der Waals surface area contributed by atoms with Crippen molar-refractivity contribution < 1.29 is 32.9 Å². The van der Waals surface area contributed by atoms with Gasteiger partial charge in [0.25, 0.3) is 0 Å². The zero-order valence-corrected chi connectivity index (χ0v) is 21.4. The van der Waals surface area contributed by atoms with E-state index in [0.717, 1.165) is 25.1 Å². The summed E-state index contributed by atoms with van der Waals surface area (Å²) in [5.74, 6) is -0.697. The summed E-state index contributed by atoms with van der Waals surface area (Å²) >= 11 is 0. The van der Waals surface area contributed by atoms with E-state index in [0.29, 0.717) is 39.1 Å². The van der Waals surface area contributed by atoms with Crippen LogP contribution in [0, 0.1) is 5.92 Å². The van der Waals surface area contributed by atoms with Crippen molar-refractivity contribution in [2.45, 2.75) is 61.9 Å². The molecular formula is C25H38N2O7S. The first-order valence-electron chi connectivity index (χ1n) is 12.2. The highest BCUT2D eigenvalue weighted by atomic mass is 32.2. The Balaban J connectivity index is 1.65. The molecule has 1 heterocycles. The quantitative estimate of drug-likeness (QED) is 0.324. The molecule has 1 aliphatic heterocycles. The molecule has 0 aromatic heterocycles. The van der Waals surface area contributed by atoms with E-state index in [2.05, 4.69) is 11.0 Å². The van der Waals surface area contributed by atoms with E-state index in [4.69, 9.17) is 14.6 Å². The number of hydrogen-bond acceptors (Lipinski definition) is 7. The highest BCUT2D eigenvalue weighted by Gasteiger charge is 2.45. The monoisotopic (exact) mass is 510 g/mol. The molecule has 35 heavy (non-hydrogen) atoms. The largest absolute Gasteiger partial charge is 0.481 e. The first-order valence-corrected chi connectivity index (χ1v) is 13.6. The minimum Gasteiger partial charge on any atom is -0.481 e. The van der Waals surface area contributed by atoms with Gasteiger partial charge in [0.05, 0.1) is 36.9 Å². The van der Waals surface area contributed by atoms with Gasteiger partial charge in [0, 0.05) is 52.0 Å². The van der Waals surface area contributed by atoms with Crippen molar-refractivity contribution in [1.82, 2.24) is 9.21 Å². The van der Waals surface area contributed by atoms with Gasteiger partial charge in [-0.15, -0.1) is 0 Å². The van der Waals surface area contributed by atoms with Crippen LogP contribution in [0.3, 0.4) is 0 Å². The van der Waals surface area contributed by atoms with Crippen LogP contribution in [0.4, 0.5) is 0 Å². The average Bonchev–Trinajstić information content (AvgIpc) is 3.15. The van der Waals surface area contributed by atoms with Crippen LogP contribution in [0.25, 0.3) is 0 Å². The van der Waals surface area contributed by atoms with Gasteiger partial charge >= 0.3 is 5.97 Å². The molecule has 196 valence electrons. The van der Waals surface area contributed by atoms with E-state index in [1.807, 2.05) is 6.08 Å². The molecule has 1 aliphatic carbocycles. The van der Waals surface area contributed by atoms with Crippen molar-refractivity contribution in [1.29, 1.82) is 0 Å². The van der Waals surface area contributed by atoms with Gasteiger partial charge in [-0.05, 0) is 37.0 Å². The van der Waals surface area contributed by atoms with Gasteiger partial charge in [-0.25, -0.2) is 12.7 Å². The summed E-state index contributed by atoms with van der Waals surface area (Å²) in [6.45, 7) is 3.17. The van der Waals surface area contributed by atoms with Gasteiger partial charge < -0.3 is 19.7 Å². The van der Waals surface area contributed by atoms with Crippen molar-refractivity contribution >= 4 is 16.0 Å². The van der Waals surface area contributed by atoms with E-state index in [1.165, 1.54) is 18.4 Å². The predicted molar refractivity (Wildman–Crippen MR) is 131 cm³/mol. The number of carboxylic acids is 1. The van der Waals surface area contributed by atoms with E-state index >= 15 is 0 Å². The van der Waals surface area contributed by atoms with Crippen LogP contribution in [0.15, 0.2) is 41.3 Å². The summed E-state index contributed by atoms with van der Waals surface area (Å²) in [7, 11) is -0.472. The molecule has 0 bridgehead atoms. The molecule has 2 aliphatic rings. The maximum atomic E-state index is 12.3. The number of unbranched alkanes of at least 4 members (excludes halogenated alkanes) is 1. The number of aliphatic carboxylic acids is 1. The lowest BCUT2D eigenvalue weighted by Gasteiger charge is -2.37. The summed E-state index contributed by atoms with van der Waals surface area (Å²) in [4.78, 5) is 13.2. The number of nitrogens with zero attached hydrogens (tertiary/aromatic N) is 2. The molecule has 0 radical (unpaired) electrons. The normalized spacial score (nSPS) is 26.1. The Kier molecular flexibility index (Phi) is 10.3. The number of sulfonamides is 1. The van der Waals surface area contributed by atoms with Crippen LogP contribution in [-0.4, -0.2) is 92.5 Å². The van der Waals surface area contributed by atoms with Crippen LogP contribution < -0.4 is 0 Å². The van der Waals surface area contributed by atoms with Crippen molar-refractivity contribution in [3.05, 3.63) is 42.0 Å². The number of hydrogen-bond donors (Lipinski definition) is 2. The third-order valence-corrected chi connectivity index (χ3v) is 8.58. The van der Waals surface area contributed by atoms with Crippen molar-refractivity contribution in [2.75, 3.05) is 40.4 Å². The van der Waals surface area contributed by atoms with E-state index in [9.17, 15) is 18.3 Å². The lowest BCUT2D eigenvalue weighted by molar-refractivity contribution is -0.137. The molecule has 2 N–H and O–H groups in total. The summed E-state index contributed by atoms with van der Waals surface area (Å²) in [6, 6.07) is 6.67. The van der Waals surface area contributed by atoms with E-state index < -0.39 is 22.1 Å². The number of morpholine rings is 1. The fraction of sp³-hybridized carbons (Fsp3) is 0.640. The number of aliphatic hydroxyl groups is 1. The maximum absolute atomic E-state index is 12.3. The van der Waals surface area contributed by atoms with Gasteiger partial charge in [0.2, 0.25) is 10.0 Å². The van der Waals surface area contributed by atoms with Crippen LogP contribution >= 0.6 is 0 Å². The molecule has 0 spiro atoms. The molecule has 4 atom stereocenters. The number of allylic oxidation sites excluding steroid dienone is 2. The number of carboxylic acid groups (broad SMARTS) is 1. The fourth-order valence-corrected chi connectivity index (χ4v) is 5.75. The summed E-state index contributed by atoms with van der Waals surface area (Å²) in [6.07, 6.45) is 6.18. The Morgan fingerprint density at radius 1 is 1.20 bits per heavy atom. The molecule has 10 heteroatoms. The van der Waals surface area contributed by atoms with Crippen LogP contribution in [0.1, 0.15) is 37.7 Å². The second-order valence-electron chi connectivity index (χ2n) is 9.38. The van der Waals surface area contributed by atoms with Crippen LogP contribution in [0.2, 0.25) is 0 Å². The number of benzene rings is 1. The van der Waals surface area contributed by atoms with Crippen LogP contribution in [-0.2, 0) is 30.9 Å². The zero-order chi connectivity index (χ0) is 25.4. The summed E-state index contributed by atoms with van der Waals surface area (Å²) < 4.78 is 37.5. The lowest BCUT2D eigenvalue weighted by atomic mass is 9.94. The Bertz CT molecular complexity index is 943. The smallest absolute Gasteiger partial charge is 0.303 e. The van der Waals surface area contributed by atoms with Crippen molar-refractivity contribution in [3.63, 3.8) is 0 Å². The Morgan fingerprint density at radius 3 is 2.51 bits per heavy atom. The van der Waals surface area contributed by atoms with Gasteiger partial charge in [-0.1, -0.05) is 24.3 Å². The minimum absolute atomic E-state index is 0.0276. The third-order valence-electron chi connectivity index (χ3n) is 6.75. The Labute approximate surface area is 208 Å². The first-order chi connectivity index (χ1) is 16.7. The minimum atomic E-state index is -3.48. The second-order valence-corrected chi connectivity index (χ2v) is 11.5. The molecule has 1 saturated heterocycles. The Hall–Kier alpha value is -1.82. The summed E-state index contributed by atoms with van der Waals surface area (Å²) in [5.41, 5.74) is 0.870. The molecule has 9 nitrogen and oxygen atoms in total. The van der Waals surface area contributed by atoms with Gasteiger partial charge in [-0.3, -0.25) is 9.69 Å². The number of aliphatic hydroxyl groups excluding tert-OH is 1. The third kappa shape index (κ3) is 7.58. The second kappa shape index (κ2) is 12.9. The maximum Gasteiger partial charge on any atom is 0.303 e. The standard InChI is InChI=1S/C25H38N2O7S/c1-26(2)35(31,32)20-11-9-19(10-12-20)18-34-23-17-22(28)25(27-13-15-33-16-14-27)21(23)7-5-3-4-6-8-24(29)30/h3,5,9-12,21-23,25,28H,4,6-8,13-18H2,1-2H3,(H,29,30)/t21-,22+,23-,25+/m0/s1. The molecule has 0 amide bonds. The molecule has 1 aromatic carbocycles. The van der Waals surface area contributed by atoms with Gasteiger partial charge in [0.15, 0.2) is 0 Å². The lowest BCUT2D eigenvalue weighted by Crippen LogP contribution is -2.50. The predicted octanol–water partition coefficient (Wildman–Crippen LogP) is 2.10. The van der Waals surface area contributed by atoms with Crippen LogP contribution in [0.5, 0.6) is 0 Å². The van der Waals surface area contributed by atoms with E-state index in [1.54, 1.807) is 24.3 Å². The average molecular weight is 511 g/mol. The van der Waals surface area contributed by atoms with Crippen molar-refractivity contribution in [2.24, 2.45) is 5.92 Å². The van der Waals surface area contributed by atoms with Gasteiger partial charge in [0.1, 0.15) is 0 Å². The number of rotatable bonds is 12. The van der Waals surface area contributed by atoms with Gasteiger partial charge in [-0.2, -0.15) is 0 Å². The molecule has 1 aromatic rings. The highest BCUT2D eigenvalue weighted by Crippen LogP contribution is 2.36. The topological polar surface area (TPSA) is 117 Å². The highest BCUT2D eigenvalue weighted by molar-refractivity contribution is 7.89. The first kappa shape index (κ1) is 27.8. The number of carbonyl (C=O) groups is 1. The SMILES string of the molecule is CN(C)S(=O)(=O)c1ccc(CO[C@H]2C[C@@H](O)[C@H](N3CCOCC3)[C@H]2CC=CCCCC(=O)O)cc1. The molecule has 0 unspecified atom stereocenters. The molecule has 3 rings (SSSR count). The zero-order valence-electron chi connectivity index (χ0n) is 20.6.